The minimum absolute atomic E-state index is 0.755. The Balaban J connectivity index is 2.63. The van der Waals surface area contributed by atoms with E-state index in [1.807, 2.05) is 50.2 Å². The summed E-state index contributed by atoms with van der Waals surface area (Å²) in [4.78, 5) is 0. The minimum atomic E-state index is 0.755. The average Bonchev–Trinajstić information content (AvgIpc) is 2.23. The van der Waals surface area contributed by atoms with Gasteiger partial charge in [0.15, 0.2) is 0 Å². The Morgan fingerprint density at radius 2 is 1.56 bits per heavy atom. The van der Waals surface area contributed by atoms with Crippen LogP contribution in [0.2, 0.25) is 10.0 Å². The van der Waals surface area contributed by atoms with E-state index in [1.54, 1.807) is 0 Å². The van der Waals surface area contributed by atoms with Gasteiger partial charge in [-0.25, -0.2) is 0 Å². The highest BCUT2D eigenvalue weighted by atomic mass is 35.5. The van der Waals surface area contributed by atoms with Crippen molar-refractivity contribution in [3.8, 4) is 11.1 Å². The van der Waals surface area contributed by atoms with Crippen LogP contribution >= 0.6 is 23.2 Å². The van der Waals surface area contributed by atoms with Crippen LogP contribution in [0.3, 0.4) is 0 Å². The van der Waals surface area contributed by atoms with Crippen LogP contribution in [0.4, 0.5) is 0 Å². The molecule has 0 radical (unpaired) electrons. The molecular formula is C14H12Cl2. The van der Waals surface area contributed by atoms with Gasteiger partial charge < -0.3 is 0 Å². The van der Waals surface area contributed by atoms with Crippen molar-refractivity contribution in [1.82, 2.24) is 0 Å². The molecule has 0 saturated heterocycles. The van der Waals surface area contributed by atoms with Gasteiger partial charge in [0.1, 0.15) is 0 Å². The molecule has 0 unspecified atom stereocenters. The zero-order chi connectivity index (χ0) is 11.7. The molecule has 16 heavy (non-hydrogen) atoms. The van der Waals surface area contributed by atoms with Crippen molar-refractivity contribution in [3.05, 3.63) is 57.6 Å². The van der Waals surface area contributed by atoms with E-state index in [9.17, 15) is 0 Å². The standard InChI is InChI=1S/C14H12Cl2/c1-9-4-3-5-13(14(9)16)12-7-6-11(15)8-10(12)2/h3-8H,1-2H3. The van der Waals surface area contributed by atoms with Crippen molar-refractivity contribution in [2.24, 2.45) is 0 Å². The maximum Gasteiger partial charge on any atom is 0.0513 e. The van der Waals surface area contributed by atoms with E-state index in [0.29, 0.717) is 0 Å². The number of halogens is 2. The lowest BCUT2D eigenvalue weighted by molar-refractivity contribution is 1.42. The van der Waals surface area contributed by atoms with E-state index >= 15 is 0 Å². The van der Waals surface area contributed by atoms with Crippen LogP contribution in [0, 0.1) is 13.8 Å². The van der Waals surface area contributed by atoms with Crippen LogP contribution in [-0.2, 0) is 0 Å². The molecule has 0 aliphatic rings. The van der Waals surface area contributed by atoms with Gasteiger partial charge in [-0.05, 0) is 42.7 Å². The number of hydrogen-bond acceptors (Lipinski definition) is 0. The van der Waals surface area contributed by atoms with Crippen molar-refractivity contribution < 1.29 is 0 Å². The molecule has 0 fully saturated rings. The highest BCUT2D eigenvalue weighted by Crippen LogP contribution is 2.33. The van der Waals surface area contributed by atoms with Gasteiger partial charge in [-0.3, -0.25) is 0 Å². The number of aryl methyl sites for hydroxylation is 2. The third-order valence-electron chi connectivity index (χ3n) is 2.67. The molecule has 0 amide bonds. The molecule has 0 spiro atoms. The fourth-order valence-corrected chi connectivity index (χ4v) is 2.24. The van der Waals surface area contributed by atoms with Gasteiger partial charge in [-0.15, -0.1) is 0 Å². The summed E-state index contributed by atoms with van der Waals surface area (Å²) < 4.78 is 0. The van der Waals surface area contributed by atoms with Gasteiger partial charge in [-0.2, -0.15) is 0 Å². The van der Waals surface area contributed by atoms with E-state index in [0.717, 1.165) is 32.3 Å². The summed E-state index contributed by atoms with van der Waals surface area (Å²) in [5.74, 6) is 0. The molecule has 2 heteroatoms. The molecule has 0 heterocycles. The second-order valence-electron chi connectivity index (χ2n) is 3.90. The molecular weight excluding hydrogens is 239 g/mol. The Kier molecular flexibility index (Phi) is 3.22. The molecule has 0 aliphatic carbocycles. The first kappa shape index (κ1) is 11.5. The molecule has 0 aromatic heterocycles. The summed E-state index contributed by atoms with van der Waals surface area (Å²) in [6, 6.07) is 11.9. The van der Waals surface area contributed by atoms with E-state index in [-0.39, 0.29) is 0 Å². The zero-order valence-corrected chi connectivity index (χ0v) is 10.7. The molecule has 0 atom stereocenters. The van der Waals surface area contributed by atoms with Crippen LogP contribution < -0.4 is 0 Å². The largest absolute Gasteiger partial charge is 0.0843 e. The molecule has 82 valence electrons. The Hall–Kier alpha value is -0.980. The summed E-state index contributed by atoms with van der Waals surface area (Å²) in [5, 5.41) is 1.57. The maximum absolute atomic E-state index is 6.31. The minimum Gasteiger partial charge on any atom is -0.0843 e. The third kappa shape index (κ3) is 2.09. The molecule has 2 rings (SSSR count). The molecule has 2 aromatic carbocycles. The highest BCUT2D eigenvalue weighted by molar-refractivity contribution is 6.34. The predicted octanol–water partition coefficient (Wildman–Crippen LogP) is 5.28. The number of rotatable bonds is 1. The van der Waals surface area contributed by atoms with Crippen molar-refractivity contribution in [3.63, 3.8) is 0 Å². The summed E-state index contributed by atoms with van der Waals surface area (Å²) in [5.41, 5.74) is 4.43. The number of hydrogen-bond donors (Lipinski definition) is 0. The smallest absolute Gasteiger partial charge is 0.0513 e. The van der Waals surface area contributed by atoms with Crippen molar-refractivity contribution in [2.75, 3.05) is 0 Å². The monoisotopic (exact) mass is 250 g/mol. The molecule has 0 bridgehead atoms. The highest BCUT2D eigenvalue weighted by Gasteiger charge is 2.07. The number of benzene rings is 2. The Morgan fingerprint density at radius 3 is 2.25 bits per heavy atom. The first-order valence-corrected chi connectivity index (χ1v) is 5.87. The van der Waals surface area contributed by atoms with Gasteiger partial charge in [-0.1, -0.05) is 47.5 Å². The predicted molar refractivity (Wildman–Crippen MR) is 71.4 cm³/mol. The summed E-state index contributed by atoms with van der Waals surface area (Å²) in [7, 11) is 0. The van der Waals surface area contributed by atoms with Gasteiger partial charge >= 0.3 is 0 Å². The lowest BCUT2D eigenvalue weighted by Crippen LogP contribution is -1.86. The van der Waals surface area contributed by atoms with Crippen LogP contribution in [0.15, 0.2) is 36.4 Å². The van der Waals surface area contributed by atoms with Gasteiger partial charge in [0.25, 0.3) is 0 Å². The first-order valence-electron chi connectivity index (χ1n) is 5.11. The molecule has 0 N–H and O–H groups in total. The Bertz CT molecular complexity index is 530. The SMILES string of the molecule is Cc1cc(Cl)ccc1-c1cccc(C)c1Cl. The van der Waals surface area contributed by atoms with E-state index in [2.05, 4.69) is 0 Å². The zero-order valence-electron chi connectivity index (χ0n) is 9.22. The van der Waals surface area contributed by atoms with Crippen molar-refractivity contribution >= 4 is 23.2 Å². The van der Waals surface area contributed by atoms with Crippen LogP contribution in [0.25, 0.3) is 11.1 Å². The fraction of sp³-hybridized carbons (Fsp3) is 0.143. The van der Waals surface area contributed by atoms with Crippen LogP contribution in [-0.4, -0.2) is 0 Å². The first-order chi connectivity index (χ1) is 7.59. The molecule has 0 nitrogen and oxygen atoms in total. The van der Waals surface area contributed by atoms with Crippen LogP contribution in [0.5, 0.6) is 0 Å². The van der Waals surface area contributed by atoms with E-state index in [1.165, 1.54) is 0 Å². The topological polar surface area (TPSA) is 0 Å². The van der Waals surface area contributed by atoms with Crippen LogP contribution in [0.1, 0.15) is 11.1 Å². The summed E-state index contributed by atoms with van der Waals surface area (Å²) in [6.45, 7) is 4.05. The van der Waals surface area contributed by atoms with Crippen molar-refractivity contribution in [1.29, 1.82) is 0 Å². The lowest BCUT2D eigenvalue weighted by atomic mass is 9.99. The summed E-state index contributed by atoms with van der Waals surface area (Å²) in [6.07, 6.45) is 0. The van der Waals surface area contributed by atoms with Gasteiger partial charge in [0, 0.05) is 10.6 Å². The maximum atomic E-state index is 6.31. The molecule has 2 aromatic rings. The second-order valence-corrected chi connectivity index (χ2v) is 4.71. The molecule has 0 saturated carbocycles. The Morgan fingerprint density at radius 1 is 0.812 bits per heavy atom. The second kappa shape index (κ2) is 4.48. The average molecular weight is 251 g/mol. The normalized spacial score (nSPS) is 10.5. The van der Waals surface area contributed by atoms with Gasteiger partial charge in [0.05, 0.1) is 5.02 Å². The third-order valence-corrected chi connectivity index (χ3v) is 3.41. The fourth-order valence-electron chi connectivity index (χ4n) is 1.78. The van der Waals surface area contributed by atoms with E-state index in [4.69, 9.17) is 23.2 Å². The Labute approximate surface area is 106 Å². The van der Waals surface area contributed by atoms with Crippen molar-refractivity contribution in [2.45, 2.75) is 13.8 Å². The summed E-state index contributed by atoms with van der Waals surface area (Å²) >= 11 is 12.2. The van der Waals surface area contributed by atoms with Gasteiger partial charge in [0.2, 0.25) is 0 Å². The quantitative estimate of drug-likeness (QED) is 0.647. The van der Waals surface area contributed by atoms with E-state index < -0.39 is 0 Å². The molecule has 0 aliphatic heterocycles. The lowest BCUT2D eigenvalue weighted by Gasteiger charge is -2.10.